The van der Waals surface area contributed by atoms with E-state index in [4.69, 9.17) is 5.11 Å². The lowest BCUT2D eigenvalue weighted by Crippen LogP contribution is -2.00. The SMILES string of the molecule is O=C(O)CCc1ccn(-c2ccc(F)c(F)c2)n1. The van der Waals surface area contributed by atoms with E-state index in [0.29, 0.717) is 17.8 Å². The van der Waals surface area contributed by atoms with Crippen LogP contribution >= 0.6 is 0 Å². The first-order valence-corrected chi connectivity index (χ1v) is 5.28. The van der Waals surface area contributed by atoms with Gasteiger partial charge in [-0.15, -0.1) is 0 Å². The number of carboxylic acid groups (broad SMARTS) is 1. The molecule has 0 radical (unpaired) electrons. The minimum atomic E-state index is -0.949. The van der Waals surface area contributed by atoms with Crippen molar-refractivity contribution in [2.24, 2.45) is 0 Å². The first-order valence-electron chi connectivity index (χ1n) is 5.28. The van der Waals surface area contributed by atoms with Crippen LogP contribution in [0.2, 0.25) is 0 Å². The molecular weight excluding hydrogens is 242 g/mol. The largest absolute Gasteiger partial charge is 0.481 e. The van der Waals surface area contributed by atoms with Crippen molar-refractivity contribution in [3.05, 3.63) is 47.8 Å². The summed E-state index contributed by atoms with van der Waals surface area (Å²) in [4.78, 5) is 10.4. The number of halogens is 2. The van der Waals surface area contributed by atoms with Gasteiger partial charge in [-0.2, -0.15) is 5.10 Å². The second-order valence-electron chi connectivity index (χ2n) is 3.74. The summed E-state index contributed by atoms with van der Waals surface area (Å²) < 4.78 is 27.2. The third-order valence-electron chi connectivity index (χ3n) is 2.41. The Morgan fingerprint density at radius 3 is 2.72 bits per heavy atom. The molecule has 0 fully saturated rings. The van der Waals surface area contributed by atoms with Gasteiger partial charge in [0.2, 0.25) is 0 Å². The Bertz CT molecular complexity index is 581. The Hall–Kier alpha value is -2.24. The van der Waals surface area contributed by atoms with Gasteiger partial charge in [0, 0.05) is 18.7 Å². The summed E-state index contributed by atoms with van der Waals surface area (Å²) in [6.07, 6.45) is 1.85. The molecule has 18 heavy (non-hydrogen) atoms. The molecule has 1 N–H and O–H groups in total. The molecular formula is C12H10F2N2O2. The summed E-state index contributed by atoms with van der Waals surface area (Å²) in [6.45, 7) is 0. The molecule has 2 rings (SSSR count). The normalized spacial score (nSPS) is 10.6. The standard InChI is InChI=1S/C12H10F2N2O2/c13-10-3-2-9(7-11(10)14)16-6-5-8(15-16)1-4-12(17)18/h2-3,5-7H,1,4H2,(H,17,18). The number of aromatic nitrogens is 2. The number of aryl methyl sites for hydroxylation is 1. The molecule has 6 heteroatoms. The molecule has 0 aliphatic heterocycles. The summed E-state index contributed by atoms with van der Waals surface area (Å²) in [6, 6.07) is 5.09. The molecule has 1 aromatic heterocycles. The van der Waals surface area contributed by atoms with Crippen molar-refractivity contribution in [2.45, 2.75) is 12.8 Å². The predicted octanol–water partition coefficient (Wildman–Crippen LogP) is 2.17. The Morgan fingerprint density at radius 1 is 1.28 bits per heavy atom. The van der Waals surface area contributed by atoms with Crippen molar-refractivity contribution >= 4 is 5.97 Å². The smallest absolute Gasteiger partial charge is 0.303 e. The van der Waals surface area contributed by atoms with E-state index >= 15 is 0 Å². The van der Waals surface area contributed by atoms with Gasteiger partial charge in [0.25, 0.3) is 0 Å². The van der Waals surface area contributed by atoms with Gasteiger partial charge < -0.3 is 5.11 Å². The molecule has 1 heterocycles. The van der Waals surface area contributed by atoms with E-state index in [1.807, 2.05) is 0 Å². The van der Waals surface area contributed by atoms with Crippen molar-refractivity contribution in [3.8, 4) is 5.69 Å². The maximum Gasteiger partial charge on any atom is 0.303 e. The molecule has 0 saturated heterocycles. The first kappa shape index (κ1) is 12.2. The Balaban J connectivity index is 2.18. The number of hydrogen-bond acceptors (Lipinski definition) is 2. The van der Waals surface area contributed by atoms with Gasteiger partial charge in [-0.05, 0) is 18.2 Å². The van der Waals surface area contributed by atoms with Gasteiger partial charge >= 0.3 is 5.97 Å². The van der Waals surface area contributed by atoms with Gasteiger partial charge in [-0.1, -0.05) is 0 Å². The molecule has 1 aromatic carbocycles. The molecule has 94 valence electrons. The van der Waals surface area contributed by atoms with Crippen LogP contribution in [0, 0.1) is 11.6 Å². The minimum absolute atomic E-state index is 0.0191. The van der Waals surface area contributed by atoms with E-state index in [1.165, 1.54) is 10.7 Å². The van der Waals surface area contributed by atoms with Crippen molar-refractivity contribution in [2.75, 3.05) is 0 Å². The zero-order chi connectivity index (χ0) is 13.1. The van der Waals surface area contributed by atoms with E-state index in [-0.39, 0.29) is 6.42 Å². The lowest BCUT2D eigenvalue weighted by atomic mass is 10.2. The summed E-state index contributed by atoms with van der Waals surface area (Å²) in [5, 5.41) is 12.6. The molecule has 0 bridgehead atoms. The fraction of sp³-hybridized carbons (Fsp3) is 0.167. The fourth-order valence-electron chi connectivity index (χ4n) is 1.50. The number of nitrogens with zero attached hydrogens (tertiary/aromatic N) is 2. The maximum absolute atomic E-state index is 13.0. The van der Waals surface area contributed by atoms with Crippen LogP contribution < -0.4 is 0 Å². The highest BCUT2D eigenvalue weighted by Crippen LogP contribution is 2.13. The van der Waals surface area contributed by atoms with Crippen molar-refractivity contribution in [1.82, 2.24) is 9.78 Å². The number of carbonyl (C=O) groups is 1. The van der Waals surface area contributed by atoms with Crippen molar-refractivity contribution in [3.63, 3.8) is 0 Å². The first-order chi connectivity index (χ1) is 8.56. The zero-order valence-electron chi connectivity index (χ0n) is 9.31. The van der Waals surface area contributed by atoms with Crippen LogP contribution in [-0.2, 0) is 11.2 Å². The van der Waals surface area contributed by atoms with Crippen LogP contribution in [-0.4, -0.2) is 20.9 Å². The van der Waals surface area contributed by atoms with Gasteiger partial charge in [0.15, 0.2) is 11.6 Å². The van der Waals surface area contributed by atoms with E-state index < -0.39 is 17.6 Å². The summed E-state index contributed by atoms with van der Waals surface area (Å²) in [5.41, 5.74) is 0.970. The summed E-state index contributed by atoms with van der Waals surface area (Å²) in [7, 11) is 0. The molecule has 0 atom stereocenters. The average Bonchev–Trinajstić information content (AvgIpc) is 2.79. The van der Waals surface area contributed by atoms with E-state index in [1.54, 1.807) is 12.3 Å². The topological polar surface area (TPSA) is 55.1 Å². The molecule has 4 nitrogen and oxygen atoms in total. The molecule has 0 amide bonds. The van der Waals surface area contributed by atoms with E-state index in [9.17, 15) is 13.6 Å². The number of aliphatic carboxylic acids is 1. The highest BCUT2D eigenvalue weighted by molar-refractivity contribution is 5.66. The molecule has 0 aliphatic carbocycles. The van der Waals surface area contributed by atoms with Gasteiger partial charge in [0.1, 0.15) is 0 Å². The van der Waals surface area contributed by atoms with Crippen LogP contribution in [0.5, 0.6) is 0 Å². The summed E-state index contributed by atoms with van der Waals surface area (Å²) >= 11 is 0. The number of hydrogen-bond donors (Lipinski definition) is 1. The highest BCUT2D eigenvalue weighted by atomic mass is 19.2. The Morgan fingerprint density at radius 2 is 2.06 bits per heavy atom. The fourth-order valence-corrected chi connectivity index (χ4v) is 1.50. The second-order valence-corrected chi connectivity index (χ2v) is 3.74. The van der Waals surface area contributed by atoms with Gasteiger partial charge in [-0.25, -0.2) is 13.5 Å². The van der Waals surface area contributed by atoms with Crippen LogP contribution in [0.15, 0.2) is 30.5 Å². The molecule has 0 aliphatic rings. The van der Waals surface area contributed by atoms with Crippen LogP contribution in [0.3, 0.4) is 0 Å². The average molecular weight is 252 g/mol. The lowest BCUT2D eigenvalue weighted by Gasteiger charge is -2.01. The summed E-state index contributed by atoms with van der Waals surface area (Å²) in [5.74, 6) is -2.77. The maximum atomic E-state index is 13.0. The van der Waals surface area contributed by atoms with Crippen molar-refractivity contribution < 1.29 is 18.7 Å². The van der Waals surface area contributed by atoms with Gasteiger partial charge in [-0.3, -0.25) is 4.79 Å². The Labute approximate surface area is 101 Å². The molecule has 0 spiro atoms. The zero-order valence-corrected chi connectivity index (χ0v) is 9.31. The Kier molecular flexibility index (Phi) is 3.36. The van der Waals surface area contributed by atoms with E-state index in [2.05, 4.69) is 5.10 Å². The van der Waals surface area contributed by atoms with Crippen LogP contribution in [0.25, 0.3) is 5.69 Å². The minimum Gasteiger partial charge on any atom is -0.481 e. The highest BCUT2D eigenvalue weighted by Gasteiger charge is 2.07. The number of benzene rings is 1. The number of rotatable bonds is 4. The second kappa shape index (κ2) is 4.95. The molecule has 2 aromatic rings. The van der Waals surface area contributed by atoms with Crippen LogP contribution in [0.1, 0.15) is 12.1 Å². The third-order valence-corrected chi connectivity index (χ3v) is 2.41. The van der Waals surface area contributed by atoms with Crippen LogP contribution in [0.4, 0.5) is 8.78 Å². The monoisotopic (exact) mass is 252 g/mol. The van der Waals surface area contributed by atoms with Gasteiger partial charge in [0.05, 0.1) is 17.8 Å². The lowest BCUT2D eigenvalue weighted by molar-refractivity contribution is -0.136. The van der Waals surface area contributed by atoms with E-state index in [0.717, 1.165) is 12.1 Å². The predicted molar refractivity (Wildman–Crippen MR) is 59.4 cm³/mol. The quantitative estimate of drug-likeness (QED) is 0.907. The van der Waals surface area contributed by atoms with Crippen molar-refractivity contribution in [1.29, 1.82) is 0 Å². The number of carboxylic acids is 1. The third kappa shape index (κ3) is 2.71. The molecule has 0 saturated carbocycles. The molecule has 0 unspecified atom stereocenters.